The Morgan fingerprint density at radius 1 is 1.33 bits per heavy atom. The molecule has 0 fully saturated rings. The van der Waals surface area contributed by atoms with Gasteiger partial charge in [0.2, 0.25) is 0 Å². The fourth-order valence-corrected chi connectivity index (χ4v) is 3.03. The van der Waals surface area contributed by atoms with Gasteiger partial charge in [0.25, 0.3) is 15.9 Å². The number of amides is 1. The van der Waals surface area contributed by atoms with Gasteiger partial charge in [-0.25, -0.2) is 13.4 Å². The number of carbonyl (C=O) groups is 1. The summed E-state index contributed by atoms with van der Waals surface area (Å²) in [4.78, 5) is 21.0. The first-order valence-electron chi connectivity index (χ1n) is 7.23. The fraction of sp³-hybridized carbons (Fsp3) is 0.333. The summed E-state index contributed by atoms with van der Waals surface area (Å²) in [6.45, 7) is 0.441. The molecule has 0 saturated carbocycles. The number of imidazole rings is 1. The lowest BCUT2D eigenvalue weighted by atomic mass is 10.2. The fourth-order valence-electron chi connectivity index (χ4n) is 2.05. The molecule has 1 aromatic heterocycles. The molecule has 0 radical (unpaired) electrons. The number of hydrogen-bond donors (Lipinski definition) is 1. The molecule has 130 valence electrons. The number of hydroxylamine groups is 1. The van der Waals surface area contributed by atoms with Crippen LogP contribution in [0.3, 0.4) is 0 Å². The van der Waals surface area contributed by atoms with Gasteiger partial charge in [-0.05, 0) is 24.3 Å². The number of nitrogens with one attached hydrogen (secondary N) is 1. The van der Waals surface area contributed by atoms with Crippen LogP contribution in [0.2, 0.25) is 0 Å². The predicted molar refractivity (Wildman–Crippen MR) is 87.6 cm³/mol. The maximum absolute atomic E-state index is 12.1. The zero-order chi connectivity index (χ0) is 17.7. The second kappa shape index (κ2) is 7.56. The maximum Gasteiger partial charge on any atom is 0.264 e. The lowest BCUT2D eigenvalue weighted by Gasteiger charge is -2.14. The first kappa shape index (κ1) is 18.1. The van der Waals surface area contributed by atoms with Crippen LogP contribution in [-0.4, -0.2) is 49.0 Å². The summed E-state index contributed by atoms with van der Waals surface area (Å²) in [7, 11) is 0.739. The quantitative estimate of drug-likeness (QED) is 0.736. The van der Waals surface area contributed by atoms with Gasteiger partial charge in [0.05, 0.1) is 12.0 Å². The van der Waals surface area contributed by atoms with Crippen molar-refractivity contribution in [3.05, 3.63) is 48.0 Å². The van der Waals surface area contributed by atoms with Gasteiger partial charge in [-0.1, -0.05) is 4.47 Å². The maximum atomic E-state index is 12.1. The van der Waals surface area contributed by atoms with Crippen molar-refractivity contribution in [3.63, 3.8) is 0 Å². The van der Waals surface area contributed by atoms with Gasteiger partial charge in [-0.2, -0.15) is 0 Å². The molecule has 0 unspecified atom stereocenters. The van der Waals surface area contributed by atoms with Gasteiger partial charge >= 0.3 is 0 Å². The molecule has 2 rings (SSSR count). The van der Waals surface area contributed by atoms with E-state index in [1.807, 2.05) is 17.8 Å². The van der Waals surface area contributed by atoms with Gasteiger partial charge in [-0.15, -0.1) is 0 Å². The SMILES string of the molecule is CON(C)S(=O)(=O)c1ccc(C(=O)NCCc2nccn2C)cc1. The highest BCUT2D eigenvalue weighted by Gasteiger charge is 2.20. The normalized spacial score (nSPS) is 11.7. The topological polar surface area (TPSA) is 93.5 Å². The number of carbonyl (C=O) groups excluding carboxylic acids is 1. The molecule has 2 aromatic rings. The van der Waals surface area contributed by atoms with Crippen LogP contribution in [0.15, 0.2) is 41.6 Å². The number of rotatable bonds is 7. The highest BCUT2D eigenvalue weighted by molar-refractivity contribution is 7.89. The van der Waals surface area contributed by atoms with Crippen molar-refractivity contribution < 1.29 is 18.0 Å². The van der Waals surface area contributed by atoms with Crippen LogP contribution in [0.1, 0.15) is 16.2 Å². The Kier molecular flexibility index (Phi) is 5.71. The molecule has 1 aromatic carbocycles. The van der Waals surface area contributed by atoms with Crippen LogP contribution in [0.25, 0.3) is 0 Å². The molecule has 0 bridgehead atoms. The highest BCUT2D eigenvalue weighted by Crippen LogP contribution is 2.15. The van der Waals surface area contributed by atoms with E-state index in [0.29, 0.717) is 18.5 Å². The molecule has 0 saturated heterocycles. The molecule has 0 aliphatic rings. The molecule has 0 atom stereocenters. The number of aromatic nitrogens is 2. The largest absolute Gasteiger partial charge is 0.352 e. The van der Waals surface area contributed by atoms with Crippen LogP contribution in [0.5, 0.6) is 0 Å². The Bertz CT molecular complexity index is 799. The van der Waals surface area contributed by atoms with E-state index in [-0.39, 0.29) is 10.8 Å². The summed E-state index contributed by atoms with van der Waals surface area (Å²) in [5.41, 5.74) is 0.383. The van der Waals surface area contributed by atoms with Crippen molar-refractivity contribution in [1.82, 2.24) is 19.3 Å². The molecule has 9 heteroatoms. The van der Waals surface area contributed by atoms with Gasteiger partial charge in [-0.3, -0.25) is 9.63 Å². The molecule has 24 heavy (non-hydrogen) atoms. The first-order valence-corrected chi connectivity index (χ1v) is 8.67. The van der Waals surface area contributed by atoms with Crippen LogP contribution in [0.4, 0.5) is 0 Å². The Hall–Kier alpha value is -2.23. The van der Waals surface area contributed by atoms with Crippen molar-refractivity contribution >= 4 is 15.9 Å². The van der Waals surface area contributed by atoms with Crippen LogP contribution in [-0.2, 0) is 28.3 Å². The van der Waals surface area contributed by atoms with Gasteiger partial charge < -0.3 is 9.88 Å². The lowest BCUT2D eigenvalue weighted by molar-refractivity contribution is -0.0258. The van der Waals surface area contributed by atoms with Crippen LogP contribution >= 0.6 is 0 Å². The van der Waals surface area contributed by atoms with Gasteiger partial charge in [0.15, 0.2) is 0 Å². The molecular formula is C15H20N4O4S. The second-order valence-corrected chi connectivity index (χ2v) is 7.02. The average molecular weight is 352 g/mol. The number of sulfonamides is 1. The lowest BCUT2D eigenvalue weighted by Crippen LogP contribution is -2.27. The Labute approximate surface area is 141 Å². The molecule has 8 nitrogen and oxygen atoms in total. The standard InChI is InChI=1S/C15H20N4O4S/c1-18-11-10-16-14(18)8-9-17-15(20)12-4-6-13(7-5-12)24(21,22)19(2)23-3/h4-7,10-11H,8-9H2,1-3H3,(H,17,20). The van der Waals surface area contributed by atoms with E-state index in [9.17, 15) is 13.2 Å². The summed E-state index contributed by atoms with van der Waals surface area (Å²) in [5.74, 6) is 0.604. The molecule has 1 N–H and O–H groups in total. The van der Waals surface area contributed by atoms with Gasteiger partial charge in [0, 0.05) is 45.0 Å². The monoisotopic (exact) mass is 352 g/mol. The van der Waals surface area contributed by atoms with E-state index in [1.165, 1.54) is 38.4 Å². The van der Waals surface area contributed by atoms with E-state index in [1.54, 1.807) is 6.20 Å². The molecule has 0 spiro atoms. The van der Waals surface area contributed by atoms with E-state index in [4.69, 9.17) is 4.84 Å². The molecular weight excluding hydrogens is 332 g/mol. The molecule has 0 aliphatic carbocycles. The third-order valence-electron chi connectivity index (χ3n) is 3.57. The van der Waals surface area contributed by atoms with E-state index >= 15 is 0 Å². The van der Waals surface area contributed by atoms with E-state index in [0.717, 1.165) is 10.3 Å². The molecule has 1 amide bonds. The van der Waals surface area contributed by atoms with E-state index in [2.05, 4.69) is 10.3 Å². The van der Waals surface area contributed by atoms with Crippen LogP contribution < -0.4 is 5.32 Å². The third-order valence-corrected chi connectivity index (χ3v) is 5.26. The smallest absolute Gasteiger partial charge is 0.264 e. The summed E-state index contributed by atoms with van der Waals surface area (Å²) in [5, 5.41) is 2.78. The number of aryl methyl sites for hydroxylation is 1. The zero-order valence-electron chi connectivity index (χ0n) is 13.8. The average Bonchev–Trinajstić information content (AvgIpc) is 2.99. The van der Waals surface area contributed by atoms with E-state index < -0.39 is 10.0 Å². The van der Waals surface area contributed by atoms with Crippen molar-refractivity contribution in [2.75, 3.05) is 20.7 Å². The van der Waals surface area contributed by atoms with Gasteiger partial charge in [0.1, 0.15) is 5.82 Å². The summed E-state index contributed by atoms with van der Waals surface area (Å²) < 4.78 is 26.8. The van der Waals surface area contributed by atoms with Crippen molar-refractivity contribution in [1.29, 1.82) is 0 Å². The zero-order valence-corrected chi connectivity index (χ0v) is 14.6. The summed E-state index contributed by atoms with van der Waals surface area (Å²) in [6, 6.07) is 5.68. The van der Waals surface area contributed by atoms with Crippen molar-refractivity contribution in [2.24, 2.45) is 7.05 Å². The molecule has 0 aliphatic heterocycles. The minimum absolute atomic E-state index is 0.0522. The predicted octanol–water partition coefficient (Wildman–Crippen LogP) is 0.574. The Morgan fingerprint density at radius 3 is 2.54 bits per heavy atom. The van der Waals surface area contributed by atoms with Crippen molar-refractivity contribution in [3.8, 4) is 0 Å². The third kappa shape index (κ3) is 3.99. The minimum atomic E-state index is -3.71. The highest BCUT2D eigenvalue weighted by atomic mass is 32.2. The summed E-state index contributed by atoms with van der Waals surface area (Å²) in [6.07, 6.45) is 4.15. The Morgan fingerprint density at radius 2 is 2.00 bits per heavy atom. The van der Waals surface area contributed by atoms with Crippen molar-refractivity contribution in [2.45, 2.75) is 11.3 Å². The summed E-state index contributed by atoms with van der Waals surface area (Å²) >= 11 is 0. The number of hydrogen-bond acceptors (Lipinski definition) is 5. The Balaban J connectivity index is 1.97. The first-order chi connectivity index (χ1) is 11.4. The number of nitrogens with zero attached hydrogens (tertiary/aromatic N) is 3. The number of benzene rings is 1. The molecule has 1 heterocycles. The second-order valence-electron chi connectivity index (χ2n) is 5.08. The minimum Gasteiger partial charge on any atom is -0.352 e. The van der Waals surface area contributed by atoms with Crippen LogP contribution in [0, 0.1) is 0 Å².